The van der Waals surface area contributed by atoms with Gasteiger partial charge in [-0.15, -0.1) is 0 Å². The van der Waals surface area contributed by atoms with Gasteiger partial charge in [0.15, 0.2) is 5.96 Å². The predicted octanol–water partition coefficient (Wildman–Crippen LogP) is 0.937. The van der Waals surface area contributed by atoms with E-state index in [-0.39, 0.29) is 0 Å². The highest BCUT2D eigenvalue weighted by Crippen LogP contribution is 2.20. The van der Waals surface area contributed by atoms with Crippen LogP contribution in [0.4, 0.5) is 0 Å². The molecule has 6 nitrogen and oxygen atoms in total. The largest absolute Gasteiger partial charge is 0.354 e. The van der Waals surface area contributed by atoms with Gasteiger partial charge in [0.2, 0.25) is 0 Å². The predicted molar refractivity (Wildman–Crippen MR) is 89.1 cm³/mol. The minimum atomic E-state index is 0.717. The number of guanidine groups is 1. The smallest absolute Gasteiger partial charge is 0.193 e. The van der Waals surface area contributed by atoms with Crippen molar-refractivity contribution >= 4 is 5.96 Å². The number of rotatable bonds is 4. The third-order valence-electron chi connectivity index (χ3n) is 4.72. The lowest BCUT2D eigenvalue weighted by Crippen LogP contribution is -2.43. The lowest BCUT2D eigenvalue weighted by Gasteiger charge is -2.25. The summed E-state index contributed by atoms with van der Waals surface area (Å²) in [5.74, 6) is 1.03. The van der Waals surface area contributed by atoms with Crippen LogP contribution >= 0.6 is 0 Å². The van der Waals surface area contributed by atoms with Gasteiger partial charge in [-0.1, -0.05) is 0 Å². The second-order valence-electron chi connectivity index (χ2n) is 6.39. The molecule has 2 aliphatic heterocycles. The highest BCUT2D eigenvalue weighted by atomic mass is 15.3. The summed E-state index contributed by atoms with van der Waals surface area (Å²) in [5, 5.41) is 7.79. The minimum absolute atomic E-state index is 0.717. The average Bonchev–Trinajstić information content (AvgIpc) is 3.24. The van der Waals surface area contributed by atoms with Gasteiger partial charge < -0.3 is 10.2 Å². The van der Waals surface area contributed by atoms with E-state index in [1.165, 1.54) is 37.9 Å². The zero-order valence-electron chi connectivity index (χ0n) is 13.8. The van der Waals surface area contributed by atoms with Crippen molar-refractivity contribution < 1.29 is 0 Å². The molecule has 2 aliphatic rings. The molecule has 2 saturated heterocycles. The summed E-state index contributed by atoms with van der Waals surface area (Å²) in [6, 6.07) is 0.717. The van der Waals surface area contributed by atoms with E-state index in [0.717, 1.165) is 38.2 Å². The Morgan fingerprint density at radius 2 is 2.18 bits per heavy atom. The summed E-state index contributed by atoms with van der Waals surface area (Å²) < 4.78 is 1.98. The van der Waals surface area contributed by atoms with E-state index in [0.29, 0.717) is 0 Å². The fourth-order valence-electron chi connectivity index (χ4n) is 3.54. The van der Waals surface area contributed by atoms with Gasteiger partial charge in [0, 0.05) is 38.9 Å². The summed E-state index contributed by atoms with van der Waals surface area (Å²) in [5.41, 5.74) is 1.21. The van der Waals surface area contributed by atoms with Crippen molar-refractivity contribution in [1.82, 2.24) is 24.9 Å². The van der Waals surface area contributed by atoms with Crippen molar-refractivity contribution in [1.29, 1.82) is 0 Å². The van der Waals surface area contributed by atoms with Crippen LogP contribution in [0.2, 0.25) is 0 Å². The zero-order chi connectivity index (χ0) is 15.4. The number of aromatic nitrogens is 2. The van der Waals surface area contributed by atoms with Gasteiger partial charge in [-0.3, -0.25) is 14.6 Å². The van der Waals surface area contributed by atoms with E-state index in [1.54, 1.807) is 0 Å². The van der Waals surface area contributed by atoms with Gasteiger partial charge in [0.05, 0.1) is 12.7 Å². The van der Waals surface area contributed by atoms with Crippen molar-refractivity contribution in [2.24, 2.45) is 4.99 Å². The maximum atomic E-state index is 4.45. The minimum Gasteiger partial charge on any atom is -0.354 e. The van der Waals surface area contributed by atoms with Gasteiger partial charge >= 0.3 is 0 Å². The standard InChI is InChI=1S/C16H28N6/c1-14-11-19-22(12-14)10-6-18-16(17-2)21-9-5-15(13-21)20-7-3-4-8-20/h11-12,15H,3-10,13H2,1-2H3,(H,17,18). The van der Waals surface area contributed by atoms with Crippen LogP contribution < -0.4 is 5.32 Å². The first kappa shape index (κ1) is 15.3. The number of nitrogens with one attached hydrogen (secondary N) is 1. The molecule has 6 heteroatoms. The van der Waals surface area contributed by atoms with Gasteiger partial charge in [0.1, 0.15) is 0 Å². The highest BCUT2D eigenvalue weighted by molar-refractivity contribution is 5.80. The Labute approximate surface area is 133 Å². The molecule has 0 saturated carbocycles. The Morgan fingerprint density at radius 3 is 2.86 bits per heavy atom. The Morgan fingerprint density at radius 1 is 1.36 bits per heavy atom. The van der Waals surface area contributed by atoms with Crippen molar-refractivity contribution in [2.75, 3.05) is 39.8 Å². The van der Waals surface area contributed by atoms with Crippen LogP contribution in [-0.2, 0) is 6.54 Å². The number of likely N-dealkylation sites (tertiary alicyclic amines) is 2. The fourth-order valence-corrected chi connectivity index (χ4v) is 3.54. The van der Waals surface area contributed by atoms with E-state index in [1.807, 2.05) is 17.9 Å². The summed E-state index contributed by atoms with van der Waals surface area (Å²) in [4.78, 5) is 9.50. The molecule has 3 rings (SSSR count). The van der Waals surface area contributed by atoms with Crippen molar-refractivity contribution in [3.05, 3.63) is 18.0 Å². The van der Waals surface area contributed by atoms with E-state index >= 15 is 0 Å². The van der Waals surface area contributed by atoms with E-state index in [4.69, 9.17) is 0 Å². The molecule has 1 aromatic heterocycles. The van der Waals surface area contributed by atoms with Crippen LogP contribution in [0.1, 0.15) is 24.8 Å². The lowest BCUT2D eigenvalue weighted by molar-refractivity contribution is 0.249. The van der Waals surface area contributed by atoms with Crippen molar-refractivity contribution in [2.45, 2.75) is 38.8 Å². The number of aliphatic imine (C=N–C) groups is 1. The quantitative estimate of drug-likeness (QED) is 0.664. The molecular formula is C16H28N6. The first-order valence-electron chi connectivity index (χ1n) is 8.45. The average molecular weight is 304 g/mol. The molecule has 2 fully saturated rings. The lowest BCUT2D eigenvalue weighted by atomic mass is 10.2. The summed E-state index contributed by atoms with van der Waals surface area (Å²) in [6.45, 7) is 8.59. The van der Waals surface area contributed by atoms with Crippen LogP contribution in [-0.4, -0.2) is 71.4 Å². The third-order valence-corrected chi connectivity index (χ3v) is 4.72. The maximum Gasteiger partial charge on any atom is 0.193 e. The van der Waals surface area contributed by atoms with Crippen molar-refractivity contribution in [3.8, 4) is 0 Å². The molecular weight excluding hydrogens is 276 g/mol. The van der Waals surface area contributed by atoms with Crippen LogP contribution in [0, 0.1) is 6.92 Å². The molecule has 0 radical (unpaired) electrons. The number of hydrogen-bond acceptors (Lipinski definition) is 3. The topological polar surface area (TPSA) is 48.7 Å². The normalized spacial score (nSPS) is 23.5. The molecule has 0 aromatic carbocycles. The molecule has 1 N–H and O–H groups in total. The van der Waals surface area contributed by atoms with Crippen LogP contribution in [0.3, 0.4) is 0 Å². The molecule has 1 aromatic rings. The van der Waals surface area contributed by atoms with Gasteiger partial charge in [-0.25, -0.2) is 0 Å². The molecule has 0 bridgehead atoms. The summed E-state index contributed by atoms with van der Waals surface area (Å²) >= 11 is 0. The molecule has 0 amide bonds. The monoisotopic (exact) mass is 304 g/mol. The maximum absolute atomic E-state index is 4.45. The number of aryl methyl sites for hydroxylation is 1. The van der Waals surface area contributed by atoms with Crippen LogP contribution in [0.25, 0.3) is 0 Å². The molecule has 0 spiro atoms. The Bertz CT molecular complexity index is 502. The molecule has 3 heterocycles. The van der Waals surface area contributed by atoms with Crippen LogP contribution in [0.15, 0.2) is 17.4 Å². The molecule has 122 valence electrons. The first-order chi connectivity index (χ1) is 10.8. The Kier molecular flexibility index (Phi) is 4.97. The third kappa shape index (κ3) is 3.61. The van der Waals surface area contributed by atoms with E-state index in [9.17, 15) is 0 Å². The SMILES string of the molecule is CN=C(NCCn1cc(C)cn1)N1CCC(N2CCCC2)C1. The van der Waals surface area contributed by atoms with Gasteiger partial charge in [-0.2, -0.15) is 5.10 Å². The second kappa shape index (κ2) is 7.13. The first-order valence-corrected chi connectivity index (χ1v) is 8.45. The molecule has 1 unspecified atom stereocenters. The van der Waals surface area contributed by atoms with Crippen molar-refractivity contribution in [3.63, 3.8) is 0 Å². The number of hydrogen-bond donors (Lipinski definition) is 1. The molecule has 1 atom stereocenters. The molecule has 22 heavy (non-hydrogen) atoms. The van der Waals surface area contributed by atoms with Gasteiger partial charge in [-0.05, 0) is 44.8 Å². The second-order valence-corrected chi connectivity index (χ2v) is 6.39. The van der Waals surface area contributed by atoms with E-state index < -0.39 is 0 Å². The summed E-state index contributed by atoms with van der Waals surface area (Å²) in [7, 11) is 1.88. The highest BCUT2D eigenvalue weighted by Gasteiger charge is 2.30. The number of nitrogens with zero attached hydrogens (tertiary/aromatic N) is 5. The van der Waals surface area contributed by atoms with Gasteiger partial charge in [0.25, 0.3) is 0 Å². The summed E-state index contributed by atoms with van der Waals surface area (Å²) in [6.07, 6.45) is 7.97. The zero-order valence-corrected chi connectivity index (χ0v) is 13.8. The van der Waals surface area contributed by atoms with E-state index in [2.05, 4.69) is 38.3 Å². The Balaban J connectivity index is 1.45. The molecule has 0 aliphatic carbocycles. The van der Waals surface area contributed by atoms with Crippen LogP contribution in [0.5, 0.6) is 0 Å². The Hall–Kier alpha value is -1.56. The fraction of sp³-hybridized carbons (Fsp3) is 0.750.